The van der Waals surface area contributed by atoms with Gasteiger partial charge in [0.2, 0.25) is 0 Å². The molecule has 5 unspecified atom stereocenters. The first kappa shape index (κ1) is 47.8. The summed E-state index contributed by atoms with van der Waals surface area (Å²) in [7, 11) is 0. The third-order valence-corrected chi connectivity index (χ3v) is 21.1. The van der Waals surface area contributed by atoms with Crippen molar-refractivity contribution in [3.8, 4) is 22.3 Å². The molecule has 2 saturated carbocycles. The topological polar surface area (TPSA) is 9.72 Å². The lowest BCUT2D eigenvalue weighted by Crippen LogP contribution is -2.56. The van der Waals surface area contributed by atoms with Crippen LogP contribution in [0.5, 0.6) is 0 Å². The lowest BCUT2D eigenvalue weighted by atomic mass is 9.61. The third kappa shape index (κ3) is 6.35. The number of aryl methyl sites for hydroxylation is 2. The number of rotatable bonds is 4. The number of anilines is 7. The molecular formula is C73H77N3. The van der Waals surface area contributed by atoms with Crippen molar-refractivity contribution in [1.82, 2.24) is 0 Å². The van der Waals surface area contributed by atoms with Crippen LogP contribution < -0.4 is 14.7 Å². The average Bonchev–Trinajstić information content (AvgIpc) is 4.00. The van der Waals surface area contributed by atoms with Crippen LogP contribution in [0.3, 0.4) is 0 Å². The molecule has 0 N–H and O–H groups in total. The van der Waals surface area contributed by atoms with Crippen LogP contribution in [0.25, 0.3) is 33.0 Å². The van der Waals surface area contributed by atoms with E-state index in [4.69, 9.17) is 0 Å². The molecule has 0 bridgehead atoms. The van der Waals surface area contributed by atoms with E-state index in [1.54, 1.807) is 5.56 Å². The van der Waals surface area contributed by atoms with E-state index < -0.39 is 0 Å². The summed E-state index contributed by atoms with van der Waals surface area (Å²) in [6.45, 7) is 29.7. The van der Waals surface area contributed by atoms with Gasteiger partial charge >= 0.3 is 0 Å². The molecular weight excluding hydrogens is 919 g/mol. The van der Waals surface area contributed by atoms with Gasteiger partial charge in [-0.2, -0.15) is 0 Å². The van der Waals surface area contributed by atoms with E-state index in [9.17, 15) is 0 Å². The highest BCUT2D eigenvalue weighted by Crippen LogP contribution is 2.71. The first-order valence-electron chi connectivity index (χ1n) is 29.0. The minimum Gasteiger partial charge on any atom is -0.334 e. The van der Waals surface area contributed by atoms with E-state index in [-0.39, 0.29) is 38.7 Å². The monoisotopic (exact) mass is 996 g/mol. The van der Waals surface area contributed by atoms with E-state index in [2.05, 4.69) is 243 Å². The Bertz CT molecular complexity index is 3750. The predicted octanol–water partition coefficient (Wildman–Crippen LogP) is 20.1. The second-order valence-electron chi connectivity index (χ2n) is 27.3. The molecule has 8 aromatic rings. The molecule has 0 aromatic heterocycles. The van der Waals surface area contributed by atoms with Gasteiger partial charge in [-0.1, -0.05) is 178 Å². The second-order valence-corrected chi connectivity index (χ2v) is 27.3. The second kappa shape index (κ2) is 16.0. The molecule has 2 aliphatic carbocycles. The van der Waals surface area contributed by atoms with Crippen LogP contribution in [0.4, 0.5) is 39.8 Å². The maximum absolute atomic E-state index is 2.98. The molecule has 14 rings (SSSR count). The van der Waals surface area contributed by atoms with Crippen molar-refractivity contribution in [1.29, 1.82) is 0 Å². The largest absolute Gasteiger partial charge is 0.334 e. The molecule has 0 amide bonds. The van der Waals surface area contributed by atoms with Gasteiger partial charge in [0.05, 0.1) is 39.5 Å². The summed E-state index contributed by atoms with van der Waals surface area (Å²) in [6.07, 6.45) is 9.67. The molecule has 4 aliphatic heterocycles. The van der Waals surface area contributed by atoms with Crippen molar-refractivity contribution in [2.75, 3.05) is 14.7 Å². The summed E-state index contributed by atoms with van der Waals surface area (Å²) < 4.78 is 0. The van der Waals surface area contributed by atoms with Gasteiger partial charge < -0.3 is 14.7 Å². The summed E-state index contributed by atoms with van der Waals surface area (Å²) in [4.78, 5) is 8.61. The molecule has 6 aliphatic rings. The van der Waals surface area contributed by atoms with Gasteiger partial charge in [0.25, 0.3) is 0 Å². The molecule has 0 radical (unpaired) electrons. The Kier molecular flexibility index (Phi) is 10.1. The van der Waals surface area contributed by atoms with Crippen molar-refractivity contribution in [2.24, 2.45) is 0 Å². The third-order valence-electron chi connectivity index (χ3n) is 21.1. The smallest absolute Gasteiger partial charge is 0.0545 e. The Balaban J connectivity index is 1.12. The molecule has 384 valence electrons. The predicted molar refractivity (Wildman–Crippen MR) is 323 cm³/mol. The first-order chi connectivity index (χ1) is 36.2. The van der Waals surface area contributed by atoms with Crippen molar-refractivity contribution >= 4 is 50.6 Å². The van der Waals surface area contributed by atoms with Gasteiger partial charge in [0, 0.05) is 39.2 Å². The Labute approximate surface area is 454 Å². The van der Waals surface area contributed by atoms with E-state index in [0.29, 0.717) is 0 Å². The van der Waals surface area contributed by atoms with Gasteiger partial charge in [-0.05, 0) is 185 Å². The fourth-order valence-corrected chi connectivity index (χ4v) is 16.6. The van der Waals surface area contributed by atoms with E-state index in [0.717, 1.165) is 6.42 Å². The summed E-state index contributed by atoms with van der Waals surface area (Å²) in [6, 6.07) is 57.6. The Morgan fingerprint density at radius 1 is 0.447 bits per heavy atom. The van der Waals surface area contributed by atoms with Crippen LogP contribution in [0, 0.1) is 13.8 Å². The standard InChI is InChI=1S/C73H77N3/c1-45-38-46(2)66-67-63(45)64-56-42-53(69(6,7)8)30-33-59(56)74(58-32-29-52(68(3,4)5)41-55(58)51-27-26-48-24-16-17-25-49(48)39-51)61-43-54(44-62(65(61)64)76(67)73(12)37-21-19-35-71(66,73)10)75-60-31-28-50(47-22-14-13-15-23-47)40-57(60)70(9)34-18-20-36-72(70,75)11/h13-17,22-33,38-44,64H,18-21,34-37H2,1-12H3. The first-order valence-corrected chi connectivity index (χ1v) is 29.0. The highest BCUT2D eigenvalue weighted by Gasteiger charge is 2.63. The lowest BCUT2D eigenvalue weighted by Gasteiger charge is -2.54. The van der Waals surface area contributed by atoms with E-state index in [1.165, 1.54) is 162 Å². The minimum atomic E-state index is -0.147. The van der Waals surface area contributed by atoms with Crippen LogP contribution in [0.1, 0.15) is 177 Å². The number of hydrogen-bond donors (Lipinski definition) is 0. The summed E-state index contributed by atoms with van der Waals surface area (Å²) in [5.74, 6) is 0.0540. The number of nitrogens with zero attached hydrogens (tertiary/aromatic N) is 3. The maximum Gasteiger partial charge on any atom is 0.0545 e. The van der Waals surface area contributed by atoms with Crippen molar-refractivity contribution in [3.63, 3.8) is 0 Å². The quantitative estimate of drug-likeness (QED) is 0.174. The van der Waals surface area contributed by atoms with Gasteiger partial charge in [0.15, 0.2) is 0 Å². The molecule has 2 fully saturated rings. The van der Waals surface area contributed by atoms with E-state index >= 15 is 0 Å². The molecule has 8 aromatic carbocycles. The molecule has 76 heavy (non-hydrogen) atoms. The minimum absolute atomic E-state index is 0.00663. The number of fused-ring (bicyclic) bond motifs is 11. The fraction of sp³-hybridized carbons (Fsp3) is 0.370. The van der Waals surface area contributed by atoms with Crippen molar-refractivity contribution in [2.45, 2.75) is 173 Å². The SMILES string of the molecule is Cc1cc(C)c2c3c1C1c4cc(C(C)(C)C)ccc4N(c4ccc(C(C)(C)C)cc4-c4ccc5ccccc5c4)c4cc(N5c6ccc(-c7ccccc7)cc6C6(C)CCCCC56C)cc(c41)N3C1(C)CCCCC21C. The fourth-order valence-electron chi connectivity index (χ4n) is 16.6. The Morgan fingerprint density at radius 3 is 1.78 bits per heavy atom. The molecule has 3 heteroatoms. The van der Waals surface area contributed by atoms with Gasteiger partial charge in [-0.25, -0.2) is 0 Å². The van der Waals surface area contributed by atoms with Gasteiger partial charge in [-0.15, -0.1) is 0 Å². The van der Waals surface area contributed by atoms with Crippen LogP contribution in [-0.4, -0.2) is 11.1 Å². The maximum atomic E-state index is 2.98. The highest BCUT2D eigenvalue weighted by atomic mass is 15.3. The van der Waals surface area contributed by atoms with Crippen LogP contribution in [-0.2, 0) is 21.7 Å². The Hall–Kier alpha value is -6.58. The van der Waals surface area contributed by atoms with E-state index in [1.807, 2.05) is 0 Å². The van der Waals surface area contributed by atoms with Crippen molar-refractivity contribution in [3.05, 3.63) is 196 Å². The van der Waals surface area contributed by atoms with Crippen LogP contribution in [0.2, 0.25) is 0 Å². The summed E-state index contributed by atoms with van der Waals surface area (Å²) in [5, 5.41) is 2.54. The average molecular weight is 996 g/mol. The van der Waals surface area contributed by atoms with Gasteiger partial charge in [0.1, 0.15) is 0 Å². The molecule has 5 atom stereocenters. The molecule has 0 spiro atoms. The zero-order valence-corrected chi connectivity index (χ0v) is 47.4. The van der Waals surface area contributed by atoms with Crippen LogP contribution >= 0.6 is 0 Å². The normalized spacial score (nSPS) is 24.9. The zero-order valence-electron chi connectivity index (χ0n) is 47.4. The summed E-state index contributed by atoms with van der Waals surface area (Å²) >= 11 is 0. The number of hydrogen-bond acceptors (Lipinski definition) is 3. The molecule has 3 nitrogen and oxygen atoms in total. The van der Waals surface area contributed by atoms with Gasteiger partial charge in [-0.3, -0.25) is 0 Å². The van der Waals surface area contributed by atoms with Crippen LogP contribution in [0.15, 0.2) is 146 Å². The summed E-state index contributed by atoms with van der Waals surface area (Å²) in [5.41, 5.74) is 27.3. The number of benzene rings is 8. The molecule has 0 saturated heterocycles. The highest BCUT2D eigenvalue weighted by molar-refractivity contribution is 6.02. The van der Waals surface area contributed by atoms with Crippen molar-refractivity contribution < 1.29 is 0 Å². The lowest BCUT2D eigenvalue weighted by molar-refractivity contribution is 0.193. The zero-order chi connectivity index (χ0) is 52.6. The Morgan fingerprint density at radius 2 is 1.05 bits per heavy atom. The molecule has 4 heterocycles.